The molecule has 0 atom stereocenters. The van der Waals surface area contributed by atoms with E-state index in [9.17, 15) is 4.39 Å². The molecule has 0 radical (unpaired) electrons. The number of hydrogen-bond acceptors (Lipinski definition) is 4. The van der Waals surface area contributed by atoms with Crippen LogP contribution in [0.1, 0.15) is 5.69 Å². The Hall–Kier alpha value is -1.95. The van der Waals surface area contributed by atoms with Crippen molar-refractivity contribution in [1.82, 2.24) is 13.9 Å². The second-order valence-corrected chi connectivity index (χ2v) is 5.12. The van der Waals surface area contributed by atoms with E-state index in [0.29, 0.717) is 0 Å². The number of aryl methyl sites for hydroxylation is 2. The summed E-state index contributed by atoms with van der Waals surface area (Å²) in [5.41, 5.74) is 3.47. The first kappa shape index (κ1) is 12.1. The summed E-state index contributed by atoms with van der Waals surface area (Å²) in [6, 6.07) is 4.62. The molecule has 0 fully saturated rings. The lowest BCUT2D eigenvalue weighted by Crippen LogP contribution is -1.96. The monoisotopic (exact) mass is 276 g/mol. The molecule has 0 aliphatic heterocycles. The smallest absolute Gasteiger partial charge is 0.145 e. The number of nitrogens with one attached hydrogen (secondary N) is 1. The first-order valence-corrected chi connectivity index (χ1v) is 6.65. The fraction of sp³-hybridized carbons (Fsp3) is 0.231. The van der Waals surface area contributed by atoms with Crippen molar-refractivity contribution in [3.05, 3.63) is 29.7 Å². The van der Waals surface area contributed by atoms with E-state index in [-0.39, 0.29) is 5.82 Å². The summed E-state index contributed by atoms with van der Waals surface area (Å²) >= 11 is 1.40. The molecule has 0 aliphatic rings. The number of anilines is 1. The van der Waals surface area contributed by atoms with E-state index in [1.165, 1.54) is 23.7 Å². The molecule has 0 saturated heterocycles. The molecule has 2 heterocycles. The number of nitrogens with zero attached hydrogens (tertiary/aromatic N) is 3. The second-order valence-electron chi connectivity index (χ2n) is 4.35. The van der Waals surface area contributed by atoms with Crippen molar-refractivity contribution in [3.8, 4) is 11.4 Å². The summed E-state index contributed by atoms with van der Waals surface area (Å²) in [5, 5.41) is 4.10. The summed E-state index contributed by atoms with van der Waals surface area (Å²) in [6.07, 6.45) is 0. The number of fused-ring (bicyclic) bond motifs is 1. The third-order valence-corrected chi connectivity index (χ3v) is 4.11. The maximum atomic E-state index is 13.3. The summed E-state index contributed by atoms with van der Waals surface area (Å²) in [4.78, 5) is 4.59. The van der Waals surface area contributed by atoms with Crippen LogP contribution in [0.5, 0.6) is 0 Å². The minimum atomic E-state index is -0.254. The van der Waals surface area contributed by atoms with E-state index >= 15 is 0 Å². The van der Waals surface area contributed by atoms with Crippen LogP contribution in [0.2, 0.25) is 0 Å². The molecule has 0 bridgehead atoms. The van der Waals surface area contributed by atoms with Crippen LogP contribution in [-0.4, -0.2) is 21.0 Å². The maximum Gasteiger partial charge on any atom is 0.145 e. The lowest BCUT2D eigenvalue weighted by Gasteiger charge is -2.04. The Kier molecular flexibility index (Phi) is 2.74. The molecule has 0 amide bonds. The van der Waals surface area contributed by atoms with Crippen LogP contribution in [0, 0.1) is 12.7 Å². The first-order valence-electron chi connectivity index (χ1n) is 5.88. The lowest BCUT2D eigenvalue weighted by molar-refractivity contribution is 0.629. The molecule has 19 heavy (non-hydrogen) atoms. The maximum absolute atomic E-state index is 13.3. The highest BCUT2D eigenvalue weighted by molar-refractivity contribution is 7.10. The van der Waals surface area contributed by atoms with Crippen LogP contribution in [0.4, 0.5) is 9.39 Å². The number of rotatable bonds is 2. The summed E-state index contributed by atoms with van der Waals surface area (Å²) in [5.74, 6) is 0.548. The third-order valence-electron chi connectivity index (χ3n) is 3.16. The Labute approximate surface area is 114 Å². The Balaban J connectivity index is 2.31. The van der Waals surface area contributed by atoms with E-state index in [1.54, 1.807) is 6.07 Å². The highest BCUT2D eigenvalue weighted by Crippen LogP contribution is 2.35. The highest BCUT2D eigenvalue weighted by atomic mass is 32.1. The van der Waals surface area contributed by atoms with Gasteiger partial charge in [-0.3, -0.25) is 0 Å². The summed E-state index contributed by atoms with van der Waals surface area (Å²) < 4.78 is 19.6. The Morgan fingerprint density at radius 3 is 2.89 bits per heavy atom. The van der Waals surface area contributed by atoms with Crippen LogP contribution in [0.15, 0.2) is 18.2 Å². The zero-order chi connectivity index (χ0) is 13.6. The molecular formula is C13H13FN4S. The van der Waals surface area contributed by atoms with Crippen molar-refractivity contribution in [2.75, 3.05) is 12.4 Å². The average Bonchev–Trinajstić information content (AvgIpc) is 2.91. The van der Waals surface area contributed by atoms with Gasteiger partial charge in [-0.1, -0.05) is 0 Å². The Morgan fingerprint density at radius 1 is 1.37 bits per heavy atom. The molecule has 0 saturated carbocycles. The van der Waals surface area contributed by atoms with E-state index in [1.807, 2.05) is 25.6 Å². The van der Waals surface area contributed by atoms with Crippen molar-refractivity contribution >= 4 is 27.6 Å². The molecule has 3 aromatic rings. The van der Waals surface area contributed by atoms with Gasteiger partial charge in [0, 0.05) is 14.1 Å². The highest BCUT2D eigenvalue weighted by Gasteiger charge is 2.18. The predicted molar refractivity (Wildman–Crippen MR) is 76.1 cm³/mol. The minimum absolute atomic E-state index is 0.254. The topological polar surface area (TPSA) is 42.7 Å². The molecule has 3 rings (SSSR count). The third kappa shape index (κ3) is 1.79. The Bertz CT molecular complexity index is 759. The molecule has 4 nitrogen and oxygen atoms in total. The van der Waals surface area contributed by atoms with Crippen LogP contribution in [0.25, 0.3) is 22.4 Å². The lowest BCUT2D eigenvalue weighted by atomic mass is 10.2. The minimum Gasteiger partial charge on any atom is -0.378 e. The van der Waals surface area contributed by atoms with Crippen molar-refractivity contribution in [3.63, 3.8) is 0 Å². The number of aromatic nitrogens is 3. The van der Waals surface area contributed by atoms with Crippen molar-refractivity contribution < 1.29 is 4.39 Å². The van der Waals surface area contributed by atoms with Gasteiger partial charge < -0.3 is 9.88 Å². The molecule has 2 aromatic heterocycles. The van der Waals surface area contributed by atoms with Crippen LogP contribution in [0.3, 0.4) is 0 Å². The van der Waals surface area contributed by atoms with Gasteiger partial charge in [0.1, 0.15) is 16.6 Å². The van der Waals surface area contributed by atoms with Crippen LogP contribution >= 0.6 is 11.5 Å². The largest absolute Gasteiger partial charge is 0.378 e. The molecular weight excluding hydrogens is 263 g/mol. The number of halogens is 1. The second kappa shape index (κ2) is 4.31. The van der Waals surface area contributed by atoms with E-state index < -0.39 is 0 Å². The molecule has 0 unspecified atom stereocenters. The number of hydrogen-bond donors (Lipinski definition) is 1. The van der Waals surface area contributed by atoms with Crippen molar-refractivity contribution in [1.29, 1.82) is 0 Å². The zero-order valence-electron chi connectivity index (χ0n) is 10.9. The fourth-order valence-electron chi connectivity index (χ4n) is 2.19. The summed E-state index contributed by atoms with van der Waals surface area (Å²) in [6.45, 7) is 1.95. The molecule has 1 N–H and O–H groups in total. The van der Waals surface area contributed by atoms with Gasteiger partial charge in [-0.25, -0.2) is 9.37 Å². The van der Waals surface area contributed by atoms with Gasteiger partial charge in [0.15, 0.2) is 0 Å². The van der Waals surface area contributed by atoms with Gasteiger partial charge in [0.2, 0.25) is 0 Å². The number of benzene rings is 1. The van der Waals surface area contributed by atoms with E-state index in [0.717, 1.165) is 33.1 Å². The average molecular weight is 276 g/mol. The zero-order valence-corrected chi connectivity index (χ0v) is 11.7. The molecule has 0 aliphatic carbocycles. The van der Waals surface area contributed by atoms with Crippen molar-refractivity contribution in [2.45, 2.75) is 6.92 Å². The van der Waals surface area contributed by atoms with Gasteiger partial charge in [-0.05, 0) is 36.7 Å². The molecule has 0 spiro atoms. The number of imidazole rings is 1. The molecule has 98 valence electrons. The predicted octanol–water partition coefficient (Wildman–Crippen LogP) is 3.19. The van der Waals surface area contributed by atoms with E-state index in [2.05, 4.69) is 14.7 Å². The molecule has 6 heteroatoms. The molecule has 1 aromatic carbocycles. The SMILES string of the molecule is CNc1snc(C)c1-c1nc2ccc(F)cc2n1C. The van der Waals surface area contributed by atoms with Gasteiger partial charge >= 0.3 is 0 Å². The normalized spacial score (nSPS) is 11.2. The summed E-state index contributed by atoms with van der Waals surface area (Å²) in [7, 11) is 3.75. The van der Waals surface area contributed by atoms with Gasteiger partial charge in [0.05, 0.1) is 22.3 Å². The van der Waals surface area contributed by atoms with Gasteiger partial charge in [-0.2, -0.15) is 4.37 Å². The standard InChI is InChI=1S/C13H13FN4S/c1-7-11(13(15-2)19-17-7)12-16-9-5-4-8(14)6-10(9)18(12)3/h4-6,15H,1-3H3. The quantitative estimate of drug-likeness (QED) is 0.781. The van der Waals surface area contributed by atoms with Gasteiger partial charge in [-0.15, -0.1) is 0 Å². The van der Waals surface area contributed by atoms with Gasteiger partial charge in [0.25, 0.3) is 0 Å². The Morgan fingerprint density at radius 2 is 2.16 bits per heavy atom. The first-order chi connectivity index (χ1) is 9.11. The van der Waals surface area contributed by atoms with Crippen LogP contribution in [-0.2, 0) is 7.05 Å². The van der Waals surface area contributed by atoms with Crippen molar-refractivity contribution in [2.24, 2.45) is 7.05 Å². The van der Waals surface area contributed by atoms with E-state index in [4.69, 9.17) is 0 Å². The van der Waals surface area contributed by atoms with Crippen LogP contribution < -0.4 is 5.32 Å². The fourth-order valence-corrected chi connectivity index (χ4v) is 2.93.